The number of hydrogen-bond donors (Lipinski definition) is 0. The van der Waals surface area contributed by atoms with Gasteiger partial charge in [-0.1, -0.05) is 31.6 Å². The number of allylic oxidation sites excluding steroid dienone is 3. The number of fused-ring (bicyclic) bond motifs is 2. The van der Waals surface area contributed by atoms with Gasteiger partial charge in [0, 0.05) is 0 Å². The second-order valence-corrected chi connectivity index (χ2v) is 7.41. The molecule has 4 nitrogen and oxygen atoms in total. The topological polar surface area (TPSA) is 52.6 Å². The van der Waals surface area contributed by atoms with Gasteiger partial charge < -0.3 is 9.47 Å². The van der Waals surface area contributed by atoms with E-state index in [0.29, 0.717) is 0 Å². The quantitative estimate of drug-likeness (QED) is 0.548. The smallest absolute Gasteiger partial charge is 0.311 e. The summed E-state index contributed by atoms with van der Waals surface area (Å²) in [6.07, 6.45) is 15.2. The van der Waals surface area contributed by atoms with Crippen LogP contribution in [0.4, 0.5) is 0 Å². The number of carbonyl (C=O) groups is 2. The van der Waals surface area contributed by atoms with Crippen molar-refractivity contribution in [1.29, 1.82) is 0 Å². The molecule has 0 aromatic heterocycles. The summed E-state index contributed by atoms with van der Waals surface area (Å²) in [5, 5.41) is 0. The third-order valence-electron chi connectivity index (χ3n) is 5.85. The molecule has 1 saturated carbocycles. The van der Waals surface area contributed by atoms with Gasteiger partial charge in [0.15, 0.2) is 0 Å². The first-order chi connectivity index (χ1) is 11.6. The fourth-order valence-corrected chi connectivity index (χ4v) is 4.59. The van der Waals surface area contributed by atoms with E-state index in [4.69, 9.17) is 9.47 Å². The molecule has 2 bridgehead atoms. The molecule has 3 rings (SSSR count). The zero-order valence-electron chi connectivity index (χ0n) is 14.7. The summed E-state index contributed by atoms with van der Waals surface area (Å²) in [6.45, 7) is 2.15. The van der Waals surface area contributed by atoms with Gasteiger partial charge in [-0.3, -0.25) is 9.59 Å². The third-order valence-corrected chi connectivity index (χ3v) is 5.85. The van der Waals surface area contributed by atoms with E-state index in [1.54, 1.807) is 0 Å². The number of unbranched alkanes of at least 4 members (excludes halogenated alkanes) is 1. The first-order valence-corrected chi connectivity index (χ1v) is 9.27. The largest absolute Gasteiger partial charge is 0.469 e. The van der Waals surface area contributed by atoms with Crippen molar-refractivity contribution in [2.45, 2.75) is 57.5 Å². The van der Waals surface area contributed by atoms with E-state index in [2.05, 4.69) is 31.2 Å². The Kier molecular flexibility index (Phi) is 5.12. The minimum Gasteiger partial charge on any atom is -0.469 e. The molecule has 5 atom stereocenters. The molecular formula is C20H28O4. The highest BCUT2D eigenvalue weighted by atomic mass is 16.6. The average molecular weight is 332 g/mol. The molecule has 5 unspecified atom stereocenters. The summed E-state index contributed by atoms with van der Waals surface area (Å²) in [7, 11) is 1.40. The van der Waals surface area contributed by atoms with Crippen molar-refractivity contribution < 1.29 is 19.1 Å². The van der Waals surface area contributed by atoms with Gasteiger partial charge >= 0.3 is 11.9 Å². The Labute approximate surface area is 144 Å². The van der Waals surface area contributed by atoms with Crippen LogP contribution in [0.3, 0.4) is 0 Å². The maximum Gasteiger partial charge on any atom is 0.311 e. The first kappa shape index (κ1) is 17.2. The molecule has 0 spiro atoms. The number of hydrogen-bond acceptors (Lipinski definition) is 4. The summed E-state index contributed by atoms with van der Waals surface area (Å²) >= 11 is 0. The van der Waals surface area contributed by atoms with Gasteiger partial charge in [0.05, 0.1) is 18.9 Å². The van der Waals surface area contributed by atoms with Crippen LogP contribution in [0.15, 0.2) is 24.3 Å². The fraction of sp³-hybridized carbons (Fsp3) is 0.700. The molecule has 4 heteroatoms. The van der Waals surface area contributed by atoms with Crippen molar-refractivity contribution in [2.24, 2.45) is 23.7 Å². The second-order valence-electron chi connectivity index (χ2n) is 7.41. The molecule has 0 saturated heterocycles. The predicted octanol–water partition coefficient (Wildman–Crippen LogP) is 3.81. The van der Waals surface area contributed by atoms with Gasteiger partial charge in [-0.05, 0) is 56.4 Å². The van der Waals surface area contributed by atoms with E-state index in [9.17, 15) is 9.59 Å². The van der Waals surface area contributed by atoms with Crippen molar-refractivity contribution in [2.75, 3.05) is 7.11 Å². The Morgan fingerprint density at radius 2 is 1.88 bits per heavy atom. The molecule has 0 amide bonds. The van der Waals surface area contributed by atoms with Crippen LogP contribution in [0.25, 0.3) is 0 Å². The van der Waals surface area contributed by atoms with Crippen LogP contribution < -0.4 is 0 Å². The third kappa shape index (κ3) is 3.15. The van der Waals surface area contributed by atoms with Crippen molar-refractivity contribution in [3.8, 4) is 0 Å². The molecule has 0 N–H and O–H groups in total. The minimum absolute atomic E-state index is 0.113. The molecule has 132 valence electrons. The van der Waals surface area contributed by atoms with E-state index in [1.165, 1.54) is 7.11 Å². The Morgan fingerprint density at radius 1 is 1.17 bits per heavy atom. The van der Waals surface area contributed by atoms with Crippen LogP contribution in [-0.4, -0.2) is 24.6 Å². The number of ether oxygens (including phenoxy) is 2. The lowest BCUT2D eigenvalue weighted by Crippen LogP contribution is -2.41. The number of rotatable bonds is 6. The molecule has 0 heterocycles. The Balaban J connectivity index is 1.77. The van der Waals surface area contributed by atoms with Gasteiger partial charge in [0.1, 0.15) is 5.60 Å². The number of methoxy groups -OCH3 is 1. The van der Waals surface area contributed by atoms with Crippen LogP contribution in [0.1, 0.15) is 51.9 Å². The van der Waals surface area contributed by atoms with Gasteiger partial charge in [-0.2, -0.15) is 0 Å². The van der Waals surface area contributed by atoms with Gasteiger partial charge in [0.2, 0.25) is 0 Å². The molecule has 0 aromatic carbocycles. The molecule has 3 aliphatic carbocycles. The Morgan fingerprint density at radius 3 is 2.46 bits per heavy atom. The molecule has 24 heavy (non-hydrogen) atoms. The first-order valence-electron chi connectivity index (χ1n) is 9.27. The van der Waals surface area contributed by atoms with Crippen LogP contribution in [0.2, 0.25) is 0 Å². The lowest BCUT2D eigenvalue weighted by molar-refractivity contribution is -0.169. The van der Waals surface area contributed by atoms with Gasteiger partial charge in [-0.25, -0.2) is 0 Å². The standard InChI is InChI=1S/C20H28O4/c1-3-4-10-20(11-6-5-7-12-20)24-19(22)17-15-9-8-14(13-15)16(17)18(21)23-2/h6,8-9,11,14-17H,3-5,7,10,12-13H2,1-2H3. The zero-order valence-corrected chi connectivity index (χ0v) is 14.7. The van der Waals surface area contributed by atoms with Crippen molar-refractivity contribution in [3.63, 3.8) is 0 Å². The normalized spacial score (nSPS) is 36.8. The fourth-order valence-electron chi connectivity index (χ4n) is 4.59. The van der Waals surface area contributed by atoms with E-state index >= 15 is 0 Å². The van der Waals surface area contributed by atoms with E-state index < -0.39 is 5.60 Å². The molecule has 0 aliphatic heterocycles. The molecule has 0 aromatic rings. The molecule has 1 fully saturated rings. The lowest BCUT2D eigenvalue weighted by Gasteiger charge is -2.35. The summed E-state index contributed by atoms with van der Waals surface area (Å²) in [6, 6.07) is 0. The number of carbonyl (C=O) groups excluding carboxylic acids is 2. The van der Waals surface area contributed by atoms with Crippen molar-refractivity contribution in [1.82, 2.24) is 0 Å². The summed E-state index contributed by atoms with van der Waals surface area (Å²) < 4.78 is 11.0. The highest BCUT2D eigenvalue weighted by Crippen LogP contribution is 2.49. The summed E-state index contributed by atoms with van der Waals surface area (Å²) in [5.41, 5.74) is -0.475. The highest BCUT2D eigenvalue weighted by Gasteiger charge is 2.54. The van der Waals surface area contributed by atoms with Crippen LogP contribution in [-0.2, 0) is 19.1 Å². The maximum absolute atomic E-state index is 13.0. The summed E-state index contributed by atoms with van der Waals surface area (Å²) in [4.78, 5) is 25.2. The Bertz CT molecular complexity index is 550. The second kappa shape index (κ2) is 7.12. The van der Waals surface area contributed by atoms with Gasteiger partial charge in [0.25, 0.3) is 0 Å². The molecule has 0 radical (unpaired) electrons. The predicted molar refractivity (Wildman–Crippen MR) is 91.1 cm³/mol. The highest BCUT2D eigenvalue weighted by molar-refractivity contribution is 5.84. The van der Waals surface area contributed by atoms with E-state index in [1.807, 2.05) is 0 Å². The minimum atomic E-state index is -0.475. The number of esters is 2. The average Bonchev–Trinajstić information content (AvgIpc) is 3.21. The lowest BCUT2D eigenvalue weighted by atomic mass is 9.82. The maximum atomic E-state index is 13.0. The monoisotopic (exact) mass is 332 g/mol. The Hall–Kier alpha value is -1.58. The SMILES string of the molecule is CCCCC1(OC(=O)C2C3C=CC(C3)C2C(=O)OC)C=CCCC1. The van der Waals surface area contributed by atoms with Crippen LogP contribution >= 0.6 is 0 Å². The van der Waals surface area contributed by atoms with E-state index in [0.717, 1.165) is 44.9 Å². The van der Waals surface area contributed by atoms with Crippen molar-refractivity contribution >= 4 is 11.9 Å². The molecular weight excluding hydrogens is 304 g/mol. The van der Waals surface area contributed by atoms with Crippen LogP contribution in [0.5, 0.6) is 0 Å². The summed E-state index contributed by atoms with van der Waals surface area (Å²) in [5.74, 6) is -1.04. The van der Waals surface area contributed by atoms with E-state index in [-0.39, 0.29) is 35.6 Å². The molecule has 3 aliphatic rings. The van der Waals surface area contributed by atoms with Crippen molar-refractivity contribution in [3.05, 3.63) is 24.3 Å². The van der Waals surface area contributed by atoms with Gasteiger partial charge in [-0.15, -0.1) is 0 Å². The zero-order chi connectivity index (χ0) is 17.2. The van der Waals surface area contributed by atoms with Crippen LogP contribution in [0, 0.1) is 23.7 Å².